The monoisotopic (exact) mass is 337 g/mol. The van der Waals surface area contributed by atoms with Crippen LogP contribution in [0.25, 0.3) is 5.69 Å². The average molecular weight is 337 g/mol. The standard InChI is InChI=1S/C19H19N3O3/c1-2-12-25-18-13-15(23)8-9-16(18)20-19(24)17-10-11-22(21-17)14-6-4-3-5-7-14/h3-11,13,23H,2,12H2,1H3,(H,20,24). The van der Waals surface area contributed by atoms with Crippen molar-refractivity contribution in [3.63, 3.8) is 0 Å². The molecule has 6 nitrogen and oxygen atoms in total. The molecule has 1 amide bonds. The first-order chi connectivity index (χ1) is 12.2. The van der Waals surface area contributed by atoms with Gasteiger partial charge in [0.25, 0.3) is 5.91 Å². The van der Waals surface area contributed by atoms with E-state index in [-0.39, 0.29) is 11.7 Å². The number of anilines is 1. The minimum atomic E-state index is -0.346. The van der Waals surface area contributed by atoms with Gasteiger partial charge in [-0.1, -0.05) is 25.1 Å². The van der Waals surface area contributed by atoms with Crippen molar-refractivity contribution in [1.29, 1.82) is 0 Å². The number of benzene rings is 2. The van der Waals surface area contributed by atoms with E-state index in [1.165, 1.54) is 12.1 Å². The Morgan fingerprint density at radius 1 is 1.20 bits per heavy atom. The first-order valence-corrected chi connectivity index (χ1v) is 8.05. The van der Waals surface area contributed by atoms with Gasteiger partial charge in [0.2, 0.25) is 0 Å². The topological polar surface area (TPSA) is 76.4 Å². The van der Waals surface area contributed by atoms with Gasteiger partial charge in [-0.3, -0.25) is 4.79 Å². The van der Waals surface area contributed by atoms with Gasteiger partial charge in [0.15, 0.2) is 5.69 Å². The van der Waals surface area contributed by atoms with Gasteiger partial charge in [0.1, 0.15) is 11.5 Å². The number of aromatic hydroxyl groups is 1. The lowest BCUT2D eigenvalue weighted by Crippen LogP contribution is -2.14. The van der Waals surface area contributed by atoms with Gasteiger partial charge in [-0.25, -0.2) is 4.68 Å². The maximum Gasteiger partial charge on any atom is 0.276 e. The molecule has 3 rings (SSSR count). The smallest absolute Gasteiger partial charge is 0.276 e. The van der Waals surface area contributed by atoms with E-state index in [1.807, 2.05) is 37.3 Å². The number of ether oxygens (including phenoxy) is 1. The van der Waals surface area contributed by atoms with E-state index in [0.29, 0.717) is 23.7 Å². The summed E-state index contributed by atoms with van der Waals surface area (Å²) in [6.45, 7) is 2.48. The molecule has 0 radical (unpaired) electrons. The molecule has 0 bridgehead atoms. The predicted octanol–water partition coefficient (Wildman–Crippen LogP) is 3.62. The first kappa shape index (κ1) is 16.6. The van der Waals surface area contributed by atoms with Crippen molar-refractivity contribution in [3.05, 3.63) is 66.5 Å². The van der Waals surface area contributed by atoms with Crippen molar-refractivity contribution in [3.8, 4) is 17.2 Å². The minimum absolute atomic E-state index is 0.0810. The number of phenols is 1. The highest BCUT2D eigenvalue weighted by atomic mass is 16.5. The minimum Gasteiger partial charge on any atom is -0.508 e. The quantitative estimate of drug-likeness (QED) is 0.674. The summed E-state index contributed by atoms with van der Waals surface area (Å²) in [6, 6.07) is 15.8. The Labute approximate surface area is 145 Å². The Bertz CT molecular complexity index is 859. The highest BCUT2D eigenvalue weighted by molar-refractivity contribution is 6.03. The zero-order valence-corrected chi connectivity index (χ0v) is 13.8. The van der Waals surface area contributed by atoms with Gasteiger partial charge in [0.05, 0.1) is 18.0 Å². The molecule has 25 heavy (non-hydrogen) atoms. The number of phenolic OH excluding ortho intramolecular Hbond substituents is 1. The highest BCUT2D eigenvalue weighted by Crippen LogP contribution is 2.29. The molecular weight excluding hydrogens is 318 g/mol. The molecule has 0 spiro atoms. The molecule has 0 aliphatic heterocycles. The number of carbonyl (C=O) groups is 1. The van der Waals surface area contributed by atoms with Crippen LogP contribution in [0.3, 0.4) is 0 Å². The van der Waals surface area contributed by atoms with Crippen LogP contribution in [-0.2, 0) is 0 Å². The summed E-state index contributed by atoms with van der Waals surface area (Å²) in [5.74, 6) is 0.164. The summed E-state index contributed by atoms with van der Waals surface area (Å²) in [7, 11) is 0. The number of rotatable bonds is 6. The third kappa shape index (κ3) is 3.98. The van der Waals surface area contributed by atoms with E-state index in [9.17, 15) is 9.90 Å². The second-order valence-electron chi connectivity index (χ2n) is 5.46. The number of nitrogens with one attached hydrogen (secondary N) is 1. The molecule has 0 atom stereocenters. The van der Waals surface area contributed by atoms with E-state index < -0.39 is 0 Å². The van der Waals surface area contributed by atoms with Crippen LogP contribution in [0.5, 0.6) is 11.5 Å². The third-order valence-electron chi connectivity index (χ3n) is 3.52. The fraction of sp³-hybridized carbons (Fsp3) is 0.158. The molecule has 2 N–H and O–H groups in total. The van der Waals surface area contributed by atoms with Crippen LogP contribution in [0.1, 0.15) is 23.8 Å². The van der Waals surface area contributed by atoms with Crippen molar-refractivity contribution in [2.45, 2.75) is 13.3 Å². The number of nitrogens with zero attached hydrogens (tertiary/aromatic N) is 2. The van der Waals surface area contributed by atoms with E-state index in [2.05, 4.69) is 10.4 Å². The summed E-state index contributed by atoms with van der Waals surface area (Å²) in [5.41, 5.74) is 1.65. The van der Waals surface area contributed by atoms with Gasteiger partial charge in [0, 0.05) is 12.3 Å². The zero-order chi connectivity index (χ0) is 17.6. The van der Waals surface area contributed by atoms with Gasteiger partial charge in [-0.05, 0) is 36.8 Å². The van der Waals surface area contributed by atoms with Crippen molar-refractivity contribution in [2.75, 3.05) is 11.9 Å². The largest absolute Gasteiger partial charge is 0.508 e. The molecule has 0 fully saturated rings. The van der Waals surface area contributed by atoms with Gasteiger partial charge < -0.3 is 15.2 Å². The molecule has 128 valence electrons. The lowest BCUT2D eigenvalue weighted by atomic mass is 10.2. The molecule has 6 heteroatoms. The number of para-hydroxylation sites is 1. The fourth-order valence-corrected chi connectivity index (χ4v) is 2.30. The Balaban J connectivity index is 1.78. The van der Waals surface area contributed by atoms with Crippen LogP contribution in [0.2, 0.25) is 0 Å². The lowest BCUT2D eigenvalue weighted by molar-refractivity contribution is 0.102. The maximum absolute atomic E-state index is 12.5. The number of hydrogen-bond donors (Lipinski definition) is 2. The fourth-order valence-electron chi connectivity index (χ4n) is 2.30. The highest BCUT2D eigenvalue weighted by Gasteiger charge is 2.14. The Hall–Kier alpha value is -3.28. The van der Waals surface area contributed by atoms with E-state index in [0.717, 1.165) is 12.1 Å². The van der Waals surface area contributed by atoms with Gasteiger partial charge in [-0.15, -0.1) is 0 Å². The Morgan fingerprint density at radius 3 is 2.76 bits per heavy atom. The average Bonchev–Trinajstić information content (AvgIpc) is 3.13. The lowest BCUT2D eigenvalue weighted by Gasteiger charge is -2.12. The summed E-state index contributed by atoms with van der Waals surface area (Å²) in [6.07, 6.45) is 2.56. The molecule has 1 aromatic heterocycles. The van der Waals surface area contributed by atoms with Crippen LogP contribution in [0, 0.1) is 0 Å². The van der Waals surface area contributed by atoms with E-state index in [1.54, 1.807) is 23.0 Å². The predicted molar refractivity (Wildman–Crippen MR) is 95.4 cm³/mol. The van der Waals surface area contributed by atoms with E-state index in [4.69, 9.17) is 4.74 Å². The number of hydrogen-bond acceptors (Lipinski definition) is 4. The van der Waals surface area contributed by atoms with Gasteiger partial charge in [-0.2, -0.15) is 5.10 Å². The number of carbonyl (C=O) groups excluding carboxylic acids is 1. The summed E-state index contributed by atoms with van der Waals surface area (Å²) < 4.78 is 7.22. The Morgan fingerprint density at radius 2 is 2.00 bits per heavy atom. The van der Waals surface area contributed by atoms with Crippen molar-refractivity contribution in [1.82, 2.24) is 9.78 Å². The summed E-state index contributed by atoms with van der Waals surface area (Å²) in [4.78, 5) is 12.5. The van der Waals surface area contributed by atoms with Crippen LogP contribution >= 0.6 is 0 Å². The Kier molecular flexibility index (Phi) is 4.99. The molecule has 1 heterocycles. The first-order valence-electron chi connectivity index (χ1n) is 8.05. The molecule has 0 unspecified atom stereocenters. The molecule has 0 saturated carbocycles. The molecule has 0 aliphatic carbocycles. The van der Waals surface area contributed by atoms with Crippen LogP contribution < -0.4 is 10.1 Å². The van der Waals surface area contributed by atoms with E-state index >= 15 is 0 Å². The summed E-state index contributed by atoms with van der Waals surface area (Å²) in [5, 5.41) is 16.7. The molecule has 0 aliphatic rings. The number of amides is 1. The van der Waals surface area contributed by atoms with Crippen LogP contribution in [-0.4, -0.2) is 27.4 Å². The van der Waals surface area contributed by atoms with Crippen LogP contribution in [0.4, 0.5) is 5.69 Å². The zero-order valence-electron chi connectivity index (χ0n) is 13.8. The molecular formula is C19H19N3O3. The summed E-state index contributed by atoms with van der Waals surface area (Å²) >= 11 is 0. The van der Waals surface area contributed by atoms with Gasteiger partial charge >= 0.3 is 0 Å². The SMILES string of the molecule is CCCOc1cc(O)ccc1NC(=O)c1ccn(-c2ccccc2)n1. The third-order valence-corrected chi connectivity index (χ3v) is 3.52. The van der Waals surface area contributed by atoms with Crippen molar-refractivity contribution in [2.24, 2.45) is 0 Å². The molecule has 0 saturated heterocycles. The van der Waals surface area contributed by atoms with Crippen LogP contribution in [0.15, 0.2) is 60.8 Å². The second kappa shape index (κ2) is 7.53. The molecule has 3 aromatic rings. The number of aromatic nitrogens is 2. The normalized spacial score (nSPS) is 10.4. The second-order valence-corrected chi connectivity index (χ2v) is 5.46. The molecule has 2 aromatic carbocycles. The van der Waals surface area contributed by atoms with Crippen molar-refractivity contribution < 1.29 is 14.6 Å². The van der Waals surface area contributed by atoms with Crippen molar-refractivity contribution >= 4 is 11.6 Å². The maximum atomic E-state index is 12.5.